The molecule has 0 fully saturated rings. The predicted molar refractivity (Wildman–Crippen MR) is 97.6 cm³/mol. The molecule has 25 heavy (non-hydrogen) atoms. The fraction of sp³-hybridized carbons (Fsp3) is 0.300. The highest BCUT2D eigenvalue weighted by Crippen LogP contribution is 2.18. The lowest BCUT2D eigenvalue weighted by Crippen LogP contribution is -2.33. The van der Waals surface area contributed by atoms with Gasteiger partial charge in [-0.05, 0) is 36.1 Å². The maximum Gasteiger partial charge on any atom is 0.271 e. The van der Waals surface area contributed by atoms with Gasteiger partial charge in [-0.2, -0.15) is 0 Å². The number of nitrogens with zero attached hydrogens (tertiary/aromatic N) is 3. The lowest BCUT2D eigenvalue weighted by atomic mass is 10.00. The van der Waals surface area contributed by atoms with Crippen molar-refractivity contribution in [3.05, 3.63) is 71.7 Å². The standard InChI is InChI=1S/C20H22N4O/c25-20(18-15-24-12-4-3-8-19(24)22-18)21-10-5-11-23-13-9-16-6-1-2-7-17(16)14-23/h1-4,6-8,12,15H,5,9-11,13-14H2,(H,21,25). The topological polar surface area (TPSA) is 49.6 Å². The van der Waals surface area contributed by atoms with E-state index >= 15 is 0 Å². The van der Waals surface area contributed by atoms with Crippen LogP contribution in [0.5, 0.6) is 0 Å². The lowest BCUT2D eigenvalue weighted by Gasteiger charge is -2.28. The van der Waals surface area contributed by atoms with Crippen LogP contribution in [0.15, 0.2) is 54.9 Å². The molecule has 0 spiro atoms. The molecule has 1 aliphatic heterocycles. The lowest BCUT2D eigenvalue weighted by molar-refractivity contribution is 0.0947. The van der Waals surface area contributed by atoms with Gasteiger partial charge < -0.3 is 9.72 Å². The van der Waals surface area contributed by atoms with Crippen molar-refractivity contribution in [3.8, 4) is 0 Å². The molecule has 1 N–H and O–H groups in total. The van der Waals surface area contributed by atoms with Crippen LogP contribution in [0.4, 0.5) is 0 Å². The van der Waals surface area contributed by atoms with Crippen LogP contribution in [-0.4, -0.2) is 39.8 Å². The third kappa shape index (κ3) is 3.56. The van der Waals surface area contributed by atoms with E-state index in [0.717, 1.165) is 38.1 Å². The molecule has 0 atom stereocenters. The number of hydrogen-bond donors (Lipinski definition) is 1. The van der Waals surface area contributed by atoms with Crippen LogP contribution >= 0.6 is 0 Å². The Hall–Kier alpha value is -2.66. The Morgan fingerprint density at radius 1 is 1.12 bits per heavy atom. The molecule has 0 saturated heterocycles. The molecule has 3 heterocycles. The first-order chi connectivity index (χ1) is 12.3. The predicted octanol–water partition coefficient (Wildman–Crippen LogP) is 2.51. The van der Waals surface area contributed by atoms with Gasteiger partial charge in [0.15, 0.2) is 0 Å². The zero-order chi connectivity index (χ0) is 17.1. The first-order valence-corrected chi connectivity index (χ1v) is 8.81. The van der Waals surface area contributed by atoms with Gasteiger partial charge in [-0.25, -0.2) is 4.98 Å². The summed E-state index contributed by atoms with van der Waals surface area (Å²) in [6, 6.07) is 14.4. The summed E-state index contributed by atoms with van der Waals surface area (Å²) >= 11 is 0. The van der Waals surface area contributed by atoms with Gasteiger partial charge in [0.05, 0.1) is 0 Å². The second-order valence-corrected chi connectivity index (χ2v) is 6.50. The number of aromatic nitrogens is 2. The first-order valence-electron chi connectivity index (χ1n) is 8.81. The maximum atomic E-state index is 12.2. The zero-order valence-electron chi connectivity index (χ0n) is 14.2. The second kappa shape index (κ2) is 7.07. The van der Waals surface area contributed by atoms with Crippen molar-refractivity contribution in [3.63, 3.8) is 0 Å². The molecule has 1 amide bonds. The third-order valence-corrected chi connectivity index (χ3v) is 4.74. The van der Waals surface area contributed by atoms with Crippen LogP contribution in [0.2, 0.25) is 0 Å². The Balaban J connectivity index is 1.25. The fourth-order valence-electron chi connectivity index (χ4n) is 3.38. The van der Waals surface area contributed by atoms with Gasteiger partial charge in [-0.1, -0.05) is 30.3 Å². The first kappa shape index (κ1) is 15.8. The van der Waals surface area contributed by atoms with E-state index in [1.165, 1.54) is 11.1 Å². The van der Waals surface area contributed by atoms with Crippen LogP contribution in [-0.2, 0) is 13.0 Å². The molecule has 1 aliphatic rings. The smallest absolute Gasteiger partial charge is 0.271 e. The van der Waals surface area contributed by atoms with Gasteiger partial charge in [0.1, 0.15) is 11.3 Å². The summed E-state index contributed by atoms with van der Waals surface area (Å²) in [5.41, 5.74) is 4.17. The zero-order valence-corrected chi connectivity index (χ0v) is 14.2. The average molecular weight is 334 g/mol. The SMILES string of the molecule is O=C(NCCCN1CCc2ccccc2C1)c1cn2ccccc2n1. The van der Waals surface area contributed by atoms with Gasteiger partial charge in [0, 0.05) is 38.6 Å². The number of nitrogens with one attached hydrogen (secondary N) is 1. The van der Waals surface area contributed by atoms with Gasteiger partial charge in [-0.3, -0.25) is 9.69 Å². The minimum absolute atomic E-state index is 0.104. The number of fused-ring (bicyclic) bond motifs is 2. The fourth-order valence-corrected chi connectivity index (χ4v) is 3.38. The van der Waals surface area contributed by atoms with E-state index in [9.17, 15) is 4.79 Å². The third-order valence-electron chi connectivity index (χ3n) is 4.74. The van der Waals surface area contributed by atoms with Crippen LogP contribution in [0.3, 0.4) is 0 Å². The normalized spacial score (nSPS) is 14.4. The van der Waals surface area contributed by atoms with Crippen LogP contribution in [0.1, 0.15) is 28.0 Å². The van der Waals surface area contributed by atoms with Gasteiger partial charge in [0.25, 0.3) is 5.91 Å². The highest BCUT2D eigenvalue weighted by molar-refractivity contribution is 5.92. The summed E-state index contributed by atoms with van der Waals surface area (Å²) in [7, 11) is 0. The highest BCUT2D eigenvalue weighted by Gasteiger charge is 2.15. The van der Waals surface area contributed by atoms with Crippen molar-refractivity contribution < 1.29 is 4.79 Å². The van der Waals surface area contributed by atoms with E-state index in [2.05, 4.69) is 39.5 Å². The number of amides is 1. The minimum atomic E-state index is -0.104. The van der Waals surface area contributed by atoms with Crippen molar-refractivity contribution in [2.24, 2.45) is 0 Å². The summed E-state index contributed by atoms with van der Waals surface area (Å²) < 4.78 is 1.86. The maximum absolute atomic E-state index is 12.2. The number of rotatable bonds is 5. The average Bonchev–Trinajstić information content (AvgIpc) is 3.09. The Labute approximate surface area is 147 Å². The van der Waals surface area contributed by atoms with E-state index in [4.69, 9.17) is 0 Å². The van der Waals surface area contributed by atoms with Gasteiger partial charge >= 0.3 is 0 Å². The molecule has 2 aromatic heterocycles. The quantitative estimate of drug-likeness (QED) is 0.730. The van der Waals surface area contributed by atoms with E-state index in [1.54, 1.807) is 6.20 Å². The van der Waals surface area contributed by atoms with Crippen molar-refractivity contribution in [1.82, 2.24) is 19.6 Å². The monoisotopic (exact) mass is 334 g/mol. The molecule has 0 saturated carbocycles. The van der Waals surface area contributed by atoms with Gasteiger partial charge in [0.2, 0.25) is 0 Å². The van der Waals surface area contributed by atoms with E-state index in [0.29, 0.717) is 12.2 Å². The minimum Gasteiger partial charge on any atom is -0.351 e. The summed E-state index contributed by atoms with van der Waals surface area (Å²) in [5, 5.41) is 2.98. The summed E-state index contributed by atoms with van der Waals surface area (Å²) in [4.78, 5) is 19.0. The molecule has 0 aliphatic carbocycles. The molecule has 3 aromatic rings. The number of pyridine rings is 1. The summed E-state index contributed by atoms with van der Waals surface area (Å²) in [6.07, 6.45) is 5.73. The van der Waals surface area contributed by atoms with Crippen LogP contribution in [0, 0.1) is 0 Å². The largest absolute Gasteiger partial charge is 0.351 e. The summed E-state index contributed by atoms with van der Waals surface area (Å²) in [5.74, 6) is -0.104. The van der Waals surface area contributed by atoms with Crippen molar-refractivity contribution in [2.75, 3.05) is 19.6 Å². The second-order valence-electron chi connectivity index (χ2n) is 6.50. The van der Waals surface area contributed by atoms with E-state index in [-0.39, 0.29) is 5.91 Å². The molecule has 5 nitrogen and oxygen atoms in total. The number of hydrogen-bond acceptors (Lipinski definition) is 3. The number of imidazole rings is 1. The van der Waals surface area contributed by atoms with Crippen molar-refractivity contribution in [1.29, 1.82) is 0 Å². The number of carbonyl (C=O) groups is 1. The number of carbonyl (C=O) groups excluding carboxylic acids is 1. The van der Waals surface area contributed by atoms with Crippen LogP contribution < -0.4 is 5.32 Å². The van der Waals surface area contributed by atoms with Gasteiger partial charge in [-0.15, -0.1) is 0 Å². The van der Waals surface area contributed by atoms with Crippen molar-refractivity contribution in [2.45, 2.75) is 19.4 Å². The number of benzene rings is 1. The molecular weight excluding hydrogens is 312 g/mol. The molecule has 4 rings (SSSR count). The summed E-state index contributed by atoms with van der Waals surface area (Å²) in [6.45, 7) is 3.78. The molecule has 1 aromatic carbocycles. The van der Waals surface area contributed by atoms with Crippen LogP contribution in [0.25, 0.3) is 5.65 Å². The Kier molecular flexibility index (Phi) is 4.48. The highest BCUT2D eigenvalue weighted by atomic mass is 16.1. The Morgan fingerprint density at radius 2 is 1.96 bits per heavy atom. The molecule has 0 bridgehead atoms. The molecule has 128 valence electrons. The molecular formula is C20H22N4O. The van der Waals surface area contributed by atoms with Crippen molar-refractivity contribution >= 4 is 11.6 Å². The Morgan fingerprint density at radius 3 is 2.84 bits per heavy atom. The Bertz CT molecular complexity index is 853. The van der Waals surface area contributed by atoms with E-state index < -0.39 is 0 Å². The molecule has 0 radical (unpaired) electrons. The van der Waals surface area contributed by atoms with E-state index in [1.807, 2.05) is 28.8 Å². The molecule has 5 heteroatoms. The molecule has 0 unspecified atom stereocenters.